The Bertz CT molecular complexity index is 635. The summed E-state index contributed by atoms with van der Waals surface area (Å²) in [7, 11) is 3.96. The van der Waals surface area contributed by atoms with Crippen molar-refractivity contribution < 1.29 is 9.90 Å². The van der Waals surface area contributed by atoms with Crippen LogP contribution >= 0.6 is 11.3 Å². The van der Waals surface area contributed by atoms with E-state index in [0.717, 1.165) is 10.6 Å². The van der Waals surface area contributed by atoms with Crippen LogP contribution < -0.4 is 0 Å². The van der Waals surface area contributed by atoms with Crippen LogP contribution in [0.5, 0.6) is 0 Å². The molecule has 0 aliphatic heterocycles. The van der Waals surface area contributed by atoms with Crippen molar-refractivity contribution in [1.29, 1.82) is 0 Å². The van der Waals surface area contributed by atoms with Crippen molar-refractivity contribution >= 4 is 17.3 Å². The van der Waals surface area contributed by atoms with Crippen molar-refractivity contribution in [2.24, 2.45) is 0 Å². The van der Waals surface area contributed by atoms with E-state index in [1.165, 1.54) is 16.9 Å². The van der Waals surface area contributed by atoms with Crippen LogP contribution in [0, 0.1) is 13.8 Å². The highest BCUT2D eigenvalue weighted by atomic mass is 32.1. The fourth-order valence-electron chi connectivity index (χ4n) is 2.26. The number of rotatable bonds is 4. The topological polar surface area (TPSA) is 53.4 Å². The maximum Gasteiger partial charge on any atom is 0.347 e. The van der Waals surface area contributed by atoms with Crippen LogP contribution in [-0.2, 0) is 0 Å². The highest BCUT2D eigenvalue weighted by Gasteiger charge is 2.24. The largest absolute Gasteiger partial charge is 0.477 e. The fraction of sp³-hybridized carbons (Fsp3) is 0.333. The molecule has 4 nitrogen and oxygen atoms in total. The third-order valence-corrected chi connectivity index (χ3v) is 4.44. The number of carboxylic acids is 1. The second-order valence-electron chi connectivity index (χ2n) is 4.99. The summed E-state index contributed by atoms with van der Waals surface area (Å²) in [4.78, 5) is 18.0. The lowest BCUT2D eigenvalue weighted by Crippen LogP contribution is -2.21. The lowest BCUT2D eigenvalue weighted by atomic mass is 10.0. The summed E-state index contributed by atoms with van der Waals surface area (Å²) in [5.41, 5.74) is 2.91. The molecule has 0 radical (unpaired) electrons. The van der Waals surface area contributed by atoms with Crippen LogP contribution in [0.4, 0.5) is 0 Å². The molecule has 2 rings (SSSR count). The molecule has 0 aliphatic carbocycles. The molecule has 5 heteroatoms. The summed E-state index contributed by atoms with van der Waals surface area (Å²) < 4.78 is 0. The van der Waals surface area contributed by atoms with Crippen molar-refractivity contribution in [3.63, 3.8) is 0 Å². The van der Waals surface area contributed by atoms with Gasteiger partial charge in [0, 0.05) is 0 Å². The Labute approximate surface area is 122 Å². The zero-order valence-corrected chi connectivity index (χ0v) is 12.9. The van der Waals surface area contributed by atoms with Gasteiger partial charge < -0.3 is 5.11 Å². The van der Waals surface area contributed by atoms with Gasteiger partial charge in [0.25, 0.3) is 0 Å². The Morgan fingerprint density at radius 2 is 1.95 bits per heavy atom. The third-order valence-electron chi connectivity index (χ3n) is 3.24. The summed E-state index contributed by atoms with van der Waals surface area (Å²) >= 11 is 1.26. The molecule has 0 aliphatic rings. The van der Waals surface area contributed by atoms with Gasteiger partial charge in [-0.05, 0) is 39.1 Å². The number of carbonyl (C=O) groups is 1. The summed E-state index contributed by atoms with van der Waals surface area (Å²) in [5.74, 6) is -0.909. The van der Waals surface area contributed by atoms with E-state index in [4.69, 9.17) is 0 Å². The Hall–Kier alpha value is -1.72. The number of benzene rings is 1. The summed E-state index contributed by atoms with van der Waals surface area (Å²) in [5, 5.41) is 10.0. The second kappa shape index (κ2) is 5.73. The lowest BCUT2D eigenvalue weighted by molar-refractivity contribution is 0.0701. The first-order valence-electron chi connectivity index (χ1n) is 6.34. The highest BCUT2D eigenvalue weighted by Crippen LogP contribution is 2.33. The molecule has 1 atom stereocenters. The molecule has 0 fully saturated rings. The average Bonchev–Trinajstić information content (AvgIpc) is 2.73. The number of thiazole rings is 1. The zero-order chi connectivity index (χ0) is 14.9. The fourth-order valence-corrected chi connectivity index (χ4v) is 3.38. The van der Waals surface area contributed by atoms with Gasteiger partial charge in [-0.25, -0.2) is 9.78 Å². The summed E-state index contributed by atoms with van der Waals surface area (Å²) in [6.07, 6.45) is 0. The number of nitrogens with zero attached hydrogens (tertiary/aromatic N) is 2. The van der Waals surface area contributed by atoms with Gasteiger partial charge in [-0.15, -0.1) is 11.3 Å². The van der Waals surface area contributed by atoms with Crippen LogP contribution in [0.3, 0.4) is 0 Å². The van der Waals surface area contributed by atoms with Gasteiger partial charge in [0.05, 0.1) is 11.7 Å². The van der Waals surface area contributed by atoms with Crippen molar-refractivity contribution in [2.75, 3.05) is 14.1 Å². The first-order valence-corrected chi connectivity index (χ1v) is 7.16. The van der Waals surface area contributed by atoms with E-state index in [1.807, 2.05) is 26.2 Å². The molecule has 1 aromatic carbocycles. The van der Waals surface area contributed by atoms with Gasteiger partial charge in [0.15, 0.2) is 0 Å². The summed E-state index contributed by atoms with van der Waals surface area (Å²) in [6, 6.07) is 8.10. The highest BCUT2D eigenvalue weighted by molar-refractivity contribution is 7.13. The van der Waals surface area contributed by atoms with Gasteiger partial charge >= 0.3 is 5.97 Å². The van der Waals surface area contributed by atoms with E-state index in [2.05, 4.69) is 28.9 Å². The van der Waals surface area contributed by atoms with Gasteiger partial charge in [0.2, 0.25) is 0 Å². The molecule has 0 bridgehead atoms. The standard InChI is InChI=1S/C15H18N2O2S/c1-9-7-5-6-8-11(9)12(17(3)4)14-16-10(2)13(20-14)15(18)19/h5-8,12H,1-4H3,(H,18,19). The Morgan fingerprint density at radius 1 is 1.30 bits per heavy atom. The number of aromatic nitrogens is 1. The first kappa shape index (κ1) is 14.7. The van der Waals surface area contributed by atoms with Crippen molar-refractivity contribution in [3.8, 4) is 0 Å². The molecule has 20 heavy (non-hydrogen) atoms. The minimum Gasteiger partial charge on any atom is -0.477 e. The van der Waals surface area contributed by atoms with Crippen LogP contribution in [0.15, 0.2) is 24.3 Å². The molecular formula is C15H18N2O2S. The molecule has 106 valence electrons. The normalized spacial score (nSPS) is 12.7. The first-order chi connectivity index (χ1) is 9.41. The van der Waals surface area contributed by atoms with Crippen molar-refractivity contribution in [1.82, 2.24) is 9.88 Å². The Kier molecular flexibility index (Phi) is 4.20. The molecule has 1 aromatic heterocycles. The van der Waals surface area contributed by atoms with Crippen LogP contribution in [-0.4, -0.2) is 35.1 Å². The number of carboxylic acid groups (broad SMARTS) is 1. The predicted octanol–water partition coefficient (Wildman–Crippen LogP) is 3.11. The minimum atomic E-state index is -0.909. The SMILES string of the molecule is Cc1ccccc1C(c1nc(C)c(C(=O)O)s1)N(C)C. The average molecular weight is 290 g/mol. The molecule has 1 N–H and O–H groups in total. The molecule has 0 spiro atoms. The number of aryl methyl sites for hydroxylation is 2. The molecular weight excluding hydrogens is 272 g/mol. The van der Waals surface area contributed by atoms with Crippen LogP contribution in [0.1, 0.15) is 37.5 Å². The number of hydrogen-bond donors (Lipinski definition) is 1. The van der Waals surface area contributed by atoms with Gasteiger partial charge in [-0.3, -0.25) is 4.90 Å². The molecule has 1 unspecified atom stereocenters. The maximum absolute atomic E-state index is 11.2. The molecule has 0 amide bonds. The van der Waals surface area contributed by atoms with Gasteiger partial charge in [-0.2, -0.15) is 0 Å². The second-order valence-corrected chi connectivity index (χ2v) is 6.03. The monoisotopic (exact) mass is 290 g/mol. The van der Waals surface area contributed by atoms with E-state index < -0.39 is 5.97 Å². The molecule has 0 saturated carbocycles. The Balaban J connectivity index is 2.53. The lowest BCUT2D eigenvalue weighted by Gasteiger charge is -2.24. The zero-order valence-electron chi connectivity index (χ0n) is 12.0. The molecule has 1 heterocycles. The minimum absolute atomic E-state index is 0.0204. The van der Waals surface area contributed by atoms with Crippen molar-refractivity contribution in [2.45, 2.75) is 19.9 Å². The van der Waals surface area contributed by atoms with Crippen molar-refractivity contribution in [3.05, 3.63) is 51.0 Å². The Morgan fingerprint density at radius 3 is 2.45 bits per heavy atom. The number of aromatic carboxylic acids is 1. The van der Waals surface area contributed by atoms with E-state index in [9.17, 15) is 9.90 Å². The van der Waals surface area contributed by atoms with E-state index in [-0.39, 0.29) is 6.04 Å². The maximum atomic E-state index is 11.2. The van der Waals surface area contributed by atoms with Crippen LogP contribution in [0.2, 0.25) is 0 Å². The third kappa shape index (κ3) is 2.73. The van der Waals surface area contributed by atoms with Crippen LogP contribution in [0.25, 0.3) is 0 Å². The number of hydrogen-bond acceptors (Lipinski definition) is 4. The molecule has 0 saturated heterocycles. The quantitative estimate of drug-likeness (QED) is 0.940. The van der Waals surface area contributed by atoms with Gasteiger partial charge in [0.1, 0.15) is 9.88 Å². The van der Waals surface area contributed by atoms with Gasteiger partial charge in [-0.1, -0.05) is 24.3 Å². The smallest absolute Gasteiger partial charge is 0.347 e. The predicted molar refractivity (Wildman–Crippen MR) is 80.5 cm³/mol. The van der Waals surface area contributed by atoms with E-state index >= 15 is 0 Å². The van der Waals surface area contributed by atoms with E-state index in [0.29, 0.717) is 10.6 Å². The molecule has 2 aromatic rings. The van der Waals surface area contributed by atoms with E-state index in [1.54, 1.807) is 6.92 Å². The summed E-state index contributed by atoms with van der Waals surface area (Å²) in [6.45, 7) is 3.80.